The molecule has 3 aromatic carbocycles. The minimum absolute atomic E-state index is 0.182. The monoisotopic (exact) mass is 548 g/mol. The Morgan fingerprint density at radius 2 is 1.31 bits per heavy atom. The van der Waals surface area contributed by atoms with Crippen molar-refractivity contribution in [3.63, 3.8) is 0 Å². The molecule has 208 valence electrons. The first-order valence-electron chi connectivity index (χ1n) is 13.7. The van der Waals surface area contributed by atoms with E-state index in [1.807, 2.05) is 56.3 Å². The molecule has 5 rings (SSSR count). The van der Waals surface area contributed by atoms with Crippen LogP contribution in [0.2, 0.25) is 5.04 Å². The number of ether oxygens (including phenoxy) is 4. The van der Waals surface area contributed by atoms with Gasteiger partial charge in [0, 0.05) is 0 Å². The van der Waals surface area contributed by atoms with Crippen LogP contribution in [-0.4, -0.2) is 56.5 Å². The van der Waals surface area contributed by atoms with Crippen molar-refractivity contribution >= 4 is 18.7 Å². The molecular formula is C32H40O6Si. The van der Waals surface area contributed by atoms with Gasteiger partial charge in [-0.1, -0.05) is 112 Å². The van der Waals surface area contributed by atoms with Gasteiger partial charge in [0.05, 0.1) is 13.2 Å². The van der Waals surface area contributed by atoms with Crippen molar-refractivity contribution in [3.8, 4) is 0 Å². The normalized spacial score (nSPS) is 26.8. The molecule has 2 aliphatic heterocycles. The van der Waals surface area contributed by atoms with Gasteiger partial charge in [-0.05, 0) is 34.8 Å². The summed E-state index contributed by atoms with van der Waals surface area (Å²) in [6, 6.07) is 30.9. The largest absolute Gasteiger partial charge is 0.405 e. The Balaban J connectivity index is 1.46. The van der Waals surface area contributed by atoms with Gasteiger partial charge in [-0.3, -0.25) is 0 Å². The molecule has 7 heteroatoms. The van der Waals surface area contributed by atoms with Crippen LogP contribution in [0.3, 0.4) is 0 Å². The van der Waals surface area contributed by atoms with Crippen LogP contribution in [0.15, 0.2) is 91.0 Å². The number of hydrogen-bond acceptors (Lipinski definition) is 6. The molecule has 3 aromatic rings. The number of hydrogen-bond donors (Lipinski definition) is 1. The van der Waals surface area contributed by atoms with E-state index in [1.54, 1.807) is 0 Å². The van der Waals surface area contributed by atoms with Gasteiger partial charge in [0.25, 0.3) is 8.32 Å². The third-order valence-electron chi connectivity index (χ3n) is 7.59. The molecule has 5 atom stereocenters. The fraction of sp³-hybridized carbons (Fsp3) is 0.438. The van der Waals surface area contributed by atoms with Crippen LogP contribution in [0.5, 0.6) is 0 Å². The topological polar surface area (TPSA) is 66.4 Å². The molecule has 2 saturated heterocycles. The number of fused-ring (bicyclic) bond motifs is 1. The average Bonchev–Trinajstić information content (AvgIpc) is 3.26. The number of benzene rings is 3. The van der Waals surface area contributed by atoms with Crippen LogP contribution in [0, 0.1) is 0 Å². The number of rotatable bonds is 8. The van der Waals surface area contributed by atoms with E-state index in [1.165, 1.54) is 10.4 Å². The second-order valence-corrected chi connectivity index (χ2v) is 16.2. The van der Waals surface area contributed by atoms with Crippen molar-refractivity contribution < 1.29 is 28.5 Å². The Labute approximate surface area is 233 Å². The van der Waals surface area contributed by atoms with Crippen LogP contribution >= 0.6 is 0 Å². The molecule has 0 bridgehead atoms. The molecule has 2 aliphatic rings. The van der Waals surface area contributed by atoms with E-state index < -0.39 is 44.8 Å². The number of aliphatic hydroxyl groups excluding tert-OH is 1. The average molecular weight is 549 g/mol. The van der Waals surface area contributed by atoms with Crippen LogP contribution in [0.4, 0.5) is 0 Å². The van der Waals surface area contributed by atoms with Gasteiger partial charge in [-0.25, -0.2) is 0 Å². The highest BCUT2D eigenvalue weighted by atomic mass is 28.4. The van der Waals surface area contributed by atoms with E-state index >= 15 is 0 Å². The summed E-state index contributed by atoms with van der Waals surface area (Å²) in [6.45, 7) is 11.0. The van der Waals surface area contributed by atoms with Gasteiger partial charge in [0.2, 0.25) is 0 Å². The van der Waals surface area contributed by atoms with E-state index in [0.29, 0.717) is 6.61 Å². The van der Waals surface area contributed by atoms with E-state index in [0.717, 1.165) is 5.56 Å². The summed E-state index contributed by atoms with van der Waals surface area (Å²) in [5, 5.41) is 13.4. The molecule has 0 saturated carbocycles. The zero-order chi connectivity index (χ0) is 27.7. The third-order valence-corrected chi connectivity index (χ3v) is 12.6. The fourth-order valence-corrected chi connectivity index (χ4v) is 10.4. The minimum atomic E-state index is -2.80. The first-order valence-corrected chi connectivity index (χ1v) is 15.6. The molecule has 0 unspecified atom stereocenters. The fourth-order valence-electron chi connectivity index (χ4n) is 5.85. The molecule has 2 heterocycles. The van der Waals surface area contributed by atoms with Crippen molar-refractivity contribution in [2.45, 2.75) is 82.8 Å². The molecule has 0 spiro atoms. The lowest BCUT2D eigenvalue weighted by Crippen LogP contribution is -2.68. The van der Waals surface area contributed by atoms with Gasteiger partial charge in [-0.2, -0.15) is 0 Å². The Kier molecular flexibility index (Phi) is 8.13. The van der Waals surface area contributed by atoms with Gasteiger partial charge in [-0.15, -0.1) is 0 Å². The maximum atomic E-state index is 11.2. The quantitative estimate of drug-likeness (QED) is 0.422. The van der Waals surface area contributed by atoms with E-state index in [4.69, 9.17) is 23.4 Å². The molecule has 1 N–H and O–H groups in total. The number of aliphatic hydroxyl groups is 1. The maximum absolute atomic E-state index is 11.2. The minimum Gasteiger partial charge on any atom is -0.405 e. The lowest BCUT2D eigenvalue weighted by atomic mass is 9.99. The van der Waals surface area contributed by atoms with Crippen molar-refractivity contribution in [2.24, 2.45) is 0 Å². The van der Waals surface area contributed by atoms with Crippen molar-refractivity contribution in [1.82, 2.24) is 0 Å². The van der Waals surface area contributed by atoms with E-state index in [2.05, 4.69) is 69.3 Å². The van der Waals surface area contributed by atoms with Crippen LogP contribution in [0.25, 0.3) is 0 Å². The zero-order valence-electron chi connectivity index (χ0n) is 23.4. The van der Waals surface area contributed by atoms with E-state index in [9.17, 15) is 5.11 Å². The summed E-state index contributed by atoms with van der Waals surface area (Å²) in [6.07, 6.45) is -3.46. The molecular weight excluding hydrogens is 508 g/mol. The Bertz CT molecular complexity index is 1160. The van der Waals surface area contributed by atoms with Crippen LogP contribution < -0.4 is 10.4 Å². The first kappa shape index (κ1) is 28.2. The standard InChI is InChI=1S/C32H40O6Si/c1-31(2,3)39(24-17-11-7-12-18-24,25-19-13-8-14-20-25)35-22-26-28-29(38-32(4,5)37-28)27(33)30(36-26)34-21-23-15-9-6-10-16-23/h6-20,26-30,33H,21-22H2,1-5H3/t26-,27-,28+,29-,30-/m1/s1. The summed E-state index contributed by atoms with van der Waals surface area (Å²) >= 11 is 0. The molecule has 0 aromatic heterocycles. The Hall–Kier alpha value is -2.36. The van der Waals surface area contributed by atoms with Gasteiger partial charge in [0.15, 0.2) is 12.1 Å². The highest BCUT2D eigenvalue weighted by molar-refractivity contribution is 6.99. The molecule has 6 nitrogen and oxygen atoms in total. The van der Waals surface area contributed by atoms with Crippen molar-refractivity contribution in [3.05, 3.63) is 96.6 Å². The molecule has 2 fully saturated rings. The van der Waals surface area contributed by atoms with Crippen molar-refractivity contribution in [1.29, 1.82) is 0 Å². The maximum Gasteiger partial charge on any atom is 0.261 e. The highest BCUT2D eigenvalue weighted by Gasteiger charge is 2.57. The first-order chi connectivity index (χ1) is 18.6. The van der Waals surface area contributed by atoms with Gasteiger partial charge < -0.3 is 28.5 Å². The predicted molar refractivity (Wildman–Crippen MR) is 153 cm³/mol. The van der Waals surface area contributed by atoms with Crippen molar-refractivity contribution in [2.75, 3.05) is 6.61 Å². The second kappa shape index (κ2) is 11.3. The summed E-state index contributed by atoms with van der Waals surface area (Å²) in [5.41, 5.74) is 0.999. The van der Waals surface area contributed by atoms with Crippen LogP contribution in [0.1, 0.15) is 40.2 Å². The zero-order valence-corrected chi connectivity index (χ0v) is 24.4. The summed E-state index contributed by atoms with van der Waals surface area (Å²) < 4.78 is 32.2. The predicted octanol–water partition coefficient (Wildman–Crippen LogP) is 4.39. The lowest BCUT2D eigenvalue weighted by molar-refractivity contribution is -0.284. The van der Waals surface area contributed by atoms with Gasteiger partial charge >= 0.3 is 0 Å². The molecule has 0 radical (unpaired) electrons. The summed E-state index contributed by atoms with van der Waals surface area (Å²) in [4.78, 5) is 0. The van der Waals surface area contributed by atoms with Gasteiger partial charge in [0.1, 0.15) is 24.4 Å². The summed E-state index contributed by atoms with van der Waals surface area (Å²) in [5.74, 6) is -0.857. The molecule has 39 heavy (non-hydrogen) atoms. The van der Waals surface area contributed by atoms with E-state index in [-0.39, 0.29) is 11.6 Å². The van der Waals surface area contributed by atoms with Crippen LogP contribution in [-0.2, 0) is 30.0 Å². The Morgan fingerprint density at radius 3 is 1.85 bits per heavy atom. The highest BCUT2D eigenvalue weighted by Crippen LogP contribution is 2.40. The Morgan fingerprint density at radius 1 is 0.795 bits per heavy atom. The smallest absolute Gasteiger partial charge is 0.261 e. The molecule has 0 aliphatic carbocycles. The second-order valence-electron chi connectivity index (χ2n) is 11.9. The summed E-state index contributed by atoms with van der Waals surface area (Å²) in [7, 11) is -2.80. The third kappa shape index (κ3) is 5.76. The lowest BCUT2D eigenvalue weighted by Gasteiger charge is -2.45. The molecule has 0 amide bonds. The SMILES string of the molecule is CC1(C)O[C@@H]2[C@@H](O)[C@H](OCc3ccccc3)O[C@H](CO[Si](c3ccccc3)(c3ccccc3)C(C)(C)C)[C@@H]2O1.